The Kier molecular flexibility index (Phi) is 5.13. The van der Waals surface area contributed by atoms with Crippen molar-refractivity contribution in [2.24, 2.45) is 0 Å². The van der Waals surface area contributed by atoms with Crippen molar-refractivity contribution in [2.45, 2.75) is 32.6 Å². The van der Waals surface area contributed by atoms with E-state index in [1.807, 2.05) is 6.92 Å². The molecule has 0 aliphatic rings. The van der Waals surface area contributed by atoms with Gasteiger partial charge < -0.3 is 5.11 Å². The molecule has 0 unspecified atom stereocenters. The number of benzene rings is 1. The lowest BCUT2D eigenvalue weighted by atomic mass is 9.85. The Balaban J connectivity index is 2.85. The van der Waals surface area contributed by atoms with Crippen LogP contribution in [0.4, 0.5) is 5.69 Å². The third kappa shape index (κ3) is 4.21. The molecule has 6 nitrogen and oxygen atoms in total. The Morgan fingerprint density at radius 3 is 2.25 bits per heavy atom. The van der Waals surface area contributed by atoms with Crippen LogP contribution in [0.5, 0.6) is 0 Å². The van der Waals surface area contributed by atoms with E-state index in [1.165, 1.54) is 0 Å². The summed E-state index contributed by atoms with van der Waals surface area (Å²) in [7, 11) is -3.58. The zero-order chi connectivity index (χ0) is 15.4. The minimum absolute atomic E-state index is 0.361. The van der Waals surface area contributed by atoms with Crippen molar-refractivity contribution in [3.8, 4) is 0 Å². The minimum Gasteiger partial charge on any atom is -0.481 e. The van der Waals surface area contributed by atoms with Gasteiger partial charge in [0.25, 0.3) is 10.2 Å². The second-order valence-electron chi connectivity index (χ2n) is 5.01. The van der Waals surface area contributed by atoms with Crippen LogP contribution in [0, 0.1) is 0 Å². The molecule has 112 valence electrons. The third-order valence-corrected chi connectivity index (χ3v) is 4.02. The maximum Gasteiger partial charge on any atom is 0.313 e. The van der Waals surface area contributed by atoms with Gasteiger partial charge in [-0.05, 0) is 38.0 Å². The first kappa shape index (κ1) is 16.5. The van der Waals surface area contributed by atoms with Crippen LogP contribution in [0.2, 0.25) is 0 Å². The normalized spacial score (nSPS) is 12.2. The van der Waals surface area contributed by atoms with Crippen LogP contribution < -0.4 is 9.44 Å². The van der Waals surface area contributed by atoms with Gasteiger partial charge in [-0.25, -0.2) is 0 Å². The average molecular weight is 300 g/mol. The largest absolute Gasteiger partial charge is 0.481 e. The molecule has 0 bridgehead atoms. The Morgan fingerprint density at radius 2 is 1.80 bits per heavy atom. The Morgan fingerprint density at radius 1 is 1.25 bits per heavy atom. The van der Waals surface area contributed by atoms with Crippen molar-refractivity contribution < 1.29 is 18.3 Å². The van der Waals surface area contributed by atoms with E-state index in [4.69, 9.17) is 5.11 Å². The Hall–Kier alpha value is -1.60. The molecule has 0 fully saturated rings. The number of anilines is 1. The van der Waals surface area contributed by atoms with Crippen molar-refractivity contribution in [2.75, 3.05) is 11.3 Å². The minimum atomic E-state index is -3.58. The zero-order valence-corrected chi connectivity index (χ0v) is 12.6. The molecule has 20 heavy (non-hydrogen) atoms. The highest BCUT2D eigenvalue weighted by molar-refractivity contribution is 7.90. The SMILES string of the molecule is CCCNS(=O)(=O)Nc1ccc(C(C)(C)C(=O)O)cc1. The highest BCUT2D eigenvalue weighted by atomic mass is 32.2. The Labute approximate surface area is 119 Å². The van der Waals surface area contributed by atoms with Crippen LogP contribution in [0.3, 0.4) is 0 Å². The molecule has 0 saturated heterocycles. The van der Waals surface area contributed by atoms with Gasteiger partial charge in [0, 0.05) is 12.2 Å². The highest BCUT2D eigenvalue weighted by Gasteiger charge is 2.29. The maximum atomic E-state index is 11.6. The van der Waals surface area contributed by atoms with Gasteiger partial charge in [-0.15, -0.1) is 0 Å². The summed E-state index contributed by atoms with van der Waals surface area (Å²) in [6.45, 7) is 5.42. The molecule has 7 heteroatoms. The predicted molar refractivity (Wildman–Crippen MR) is 77.9 cm³/mol. The topological polar surface area (TPSA) is 95.5 Å². The molecule has 0 heterocycles. The number of nitrogens with one attached hydrogen (secondary N) is 2. The predicted octanol–water partition coefficient (Wildman–Crippen LogP) is 1.71. The first-order chi connectivity index (χ1) is 9.19. The molecular weight excluding hydrogens is 280 g/mol. The smallest absolute Gasteiger partial charge is 0.313 e. The fourth-order valence-corrected chi connectivity index (χ4v) is 2.50. The molecule has 0 atom stereocenters. The summed E-state index contributed by atoms with van der Waals surface area (Å²) in [6, 6.07) is 6.30. The van der Waals surface area contributed by atoms with Crippen LogP contribution in [-0.2, 0) is 20.4 Å². The molecule has 0 amide bonds. The maximum absolute atomic E-state index is 11.6. The van der Waals surface area contributed by atoms with Crippen molar-refractivity contribution in [3.05, 3.63) is 29.8 Å². The van der Waals surface area contributed by atoms with Crippen LogP contribution in [0.25, 0.3) is 0 Å². The van der Waals surface area contributed by atoms with E-state index in [-0.39, 0.29) is 0 Å². The molecule has 1 aromatic carbocycles. The van der Waals surface area contributed by atoms with E-state index < -0.39 is 21.6 Å². The van der Waals surface area contributed by atoms with Gasteiger partial charge >= 0.3 is 5.97 Å². The van der Waals surface area contributed by atoms with Crippen molar-refractivity contribution in [3.63, 3.8) is 0 Å². The summed E-state index contributed by atoms with van der Waals surface area (Å²) in [4.78, 5) is 11.1. The summed E-state index contributed by atoms with van der Waals surface area (Å²) in [5.41, 5.74) is -0.0225. The summed E-state index contributed by atoms with van der Waals surface area (Å²) < 4.78 is 28.0. The van der Waals surface area contributed by atoms with Crippen LogP contribution in [0.15, 0.2) is 24.3 Å². The van der Waals surface area contributed by atoms with Crippen molar-refractivity contribution >= 4 is 21.9 Å². The summed E-state index contributed by atoms with van der Waals surface area (Å²) in [6.07, 6.45) is 0.701. The zero-order valence-electron chi connectivity index (χ0n) is 11.8. The second kappa shape index (κ2) is 6.23. The monoisotopic (exact) mass is 300 g/mol. The highest BCUT2D eigenvalue weighted by Crippen LogP contribution is 2.24. The quantitative estimate of drug-likeness (QED) is 0.714. The summed E-state index contributed by atoms with van der Waals surface area (Å²) in [5, 5.41) is 9.13. The van der Waals surface area contributed by atoms with Crippen molar-refractivity contribution in [1.29, 1.82) is 0 Å². The lowest BCUT2D eigenvalue weighted by Gasteiger charge is -2.20. The molecule has 0 radical (unpaired) electrons. The van der Waals surface area contributed by atoms with E-state index in [1.54, 1.807) is 38.1 Å². The lowest BCUT2D eigenvalue weighted by molar-refractivity contribution is -0.142. The van der Waals surface area contributed by atoms with Gasteiger partial charge in [-0.3, -0.25) is 9.52 Å². The first-order valence-electron chi connectivity index (χ1n) is 6.30. The lowest BCUT2D eigenvalue weighted by Crippen LogP contribution is -2.31. The molecule has 1 rings (SSSR count). The fourth-order valence-electron chi connectivity index (χ4n) is 1.51. The fraction of sp³-hybridized carbons (Fsp3) is 0.462. The van der Waals surface area contributed by atoms with E-state index in [0.29, 0.717) is 24.2 Å². The number of hydrogen-bond donors (Lipinski definition) is 3. The second-order valence-corrected chi connectivity index (χ2v) is 6.51. The van der Waals surface area contributed by atoms with Crippen LogP contribution >= 0.6 is 0 Å². The van der Waals surface area contributed by atoms with E-state index in [0.717, 1.165) is 0 Å². The summed E-state index contributed by atoms with van der Waals surface area (Å²) in [5.74, 6) is -0.935. The van der Waals surface area contributed by atoms with Crippen molar-refractivity contribution in [1.82, 2.24) is 4.72 Å². The first-order valence-corrected chi connectivity index (χ1v) is 7.78. The van der Waals surface area contributed by atoms with Gasteiger partial charge in [-0.2, -0.15) is 13.1 Å². The molecular formula is C13H20N2O4S. The molecule has 0 saturated carbocycles. The number of hydrogen-bond acceptors (Lipinski definition) is 3. The molecule has 0 spiro atoms. The number of carboxylic acid groups (broad SMARTS) is 1. The van der Waals surface area contributed by atoms with E-state index >= 15 is 0 Å². The van der Waals surface area contributed by atoms with E-state index in [2.05, 4.69) is 9.44 Å². The average Bonchev–Trinajstić information content (AvgIpc) is 2.36. The van der Waals surface area contributed by atoms with Gasteiger partial charge in [0.15, 0.2) is 0 Å². The van der Waals surface area contributed by atoms with Gasteiger partial charge in [-0.1, -0.05) is 19.1 Å². The number of aliphatic carboxylic acids is 1. The molecule has 0 aliphatic carbocycles. The molecule has 0 aromatic heterocycles. The number of carbonyl (C=O) groups is 1. The summed E-state index contributed by atoms with van der Waals surface area (Å²) >= 11 is 0. The Bertz CT molecular complexity index is 565. The van der Waals surface area contributed by atoms with Gasteiger partial charge in [0.2, 0.25) is 0 Å². The van der Waals surface area contributed by atoms with E-state index in [9.17, 15) is 13.2 Å². The van der Waals surface area contributed by atoms with Gasteiger partial charge in [0.05, 0.1) is 5.41 Å². The van der Waals surface area contributed by atoms with Crippen LogP contribution in [-0.4, -0.2) is 26.0 Å². The third-order valence-electron chi connectivity index (χ3n) is 2.94. The molecule has 1 aromatic rings. The molecule has 3 N–H and O–H groups in total. The standard InChI is InChI=1S/C13H20N2O4S/c1-4-9-14-20(18,19)15-11-7-5-10(6-8-11)13(2,3)12(16)17/h5-8,14-15H,4,9H2,1-3H3,(H,16,17). The molecule has 0 aliphatic heterocycles. The van der Waals surface area contributed by atoms with Gasteiger partial charge in [0.1, 0.15) is 0 Å². The van der Waals surface area contributed by atoms with Crippen LogP contribution in [0.1, 0.15) is 32.8 Å². The number of rotatable bonds is 7. The number of carboxylic acids is 1.